The van der Waals surface area contributed by atoms with Crippen molar-refractivity contribution < 1.29 is 9.59 Å². The van der Waals surface area contributed by atoms with Crippen molar-refractivity contribution in [3.8, 4) is 5.69 Å². The smallest absolute Gasteiger partial charge is 0.255 e. The lowest BCUT2D eigenvalue weighted by molar-refractivity contribution is -0.132. The Hall–Kier alpha value is -2.60. The molecule has 1 aliphatic rings. The number of carbonyl (C=O) groups is 2. The maximum absolute atomic E-state index is 13.3. The molecule has 0 atom stereocenters. The zero-order chi connectivity index (χ0) is 21.7. The predicted molar refractivity (Wildman–Crippen MR) is 120 cm³/mol. The van der Waals surface area contributed by atoms with Crippen molar-refractivity contribution in [3.05, 3.63) is 53.3 Å². The SMILES string of the molecule is CCN(CC)C(=O)CN1CCCN(C(=O)c2cc(C)n(-c3ccccc3)c2C)CC1. The van der Waals surface area contributed by atoms with Gasteiger partial charge < -0.3 is 14.4 Å². The summed E-state index contributed by atoms with van der Waals surface area (Å²) in [6.07, 6.45) is 0.884. The number of para-hydroxylation sites is 1. The van der Waals surface area contributed by atoms with E-state index in [0.717, 1.165) is 61.8 Å². The van der Waals surface area contributed by atoms with Crippen LogP contribution in [0, 0.1) is 13.8 Å². The molecule has 1 aliphatic heterocycles. The summed E-state index contributed by atoms with van der Waals surface area (Å²) in [4.78, 5) is 31.8. The van der Waals surface area contributed by atoms with Gasteiger partial charge in [-0.2, -0.15) is 0 Å². The molecule has 1 fully saturated rings. The number of carbonyl (C=O) groups excluding carboxylic acids is 2. The summed E-state index contributed by atoms with van der Waals surface area (Å²) in [7, 11) is 0. The molecule has 162 valence electrons. The van der Waals surface area contributed by atoms with Crippen LogP contribution in [0.2, 0.25) is 0 Å². The van der Waals surface area contributed by atoms with Gasteiger partial charge in [-0.1, -0.05) is 18.2 Å². The van der Waals surface area contributed by atoms with Crippen molar-refractivity contribution in [1.82, 2.24) is 19.3 Å². The van der Waals surface area contributed by atoms with Gasteiger partial charge in [0, 0.05) is 56.3 Å². The van der Waals surface area contributed by atoms with E-state index in [0.29, 0.717) is 13.1 Å². The Morgan fingerprint density at radius 1 is 0.967 bits per heavy atom. The fraction of sp³-hybridized carbons (Fsp3) is 0.500. The van der Waals surface area contributed by atoms with Crippen molar-refractivity contribution in [2.24, 2.45) is 0 Å². The van der Waals surface area contributed by atoms with Gasteiger partial charge in [0.15, 0.2) is 0 Å². The summed E-state index contributed by atoms with van der Waals surface area (Å²) in [6.45, 7) is 13.0. The van der Waals surface area contributed by atoms with Crippen LogP contribution in [0.5, 0.6) is 0 Å². The number of aromatic nitrogens is 1. The van der Waals surface area contributed by atoms with Crippen LogP contribution >= 0.6 is 0 Å². The van der Waals surface area contributed by atoms with E-state index in [1.807, 2.05) is 61.8 Å². The summed E-state index contributed by atoms with van der Waals surface area (Å²) >= 11 is 0. The summed E-state index contributed by atoms with van der Waals surface area (Å²) in [5, 5.41) is 0. The standard InChI is InChI=1S/C24H34N4O2/c1-5-26(6-2)23(29)18-25-13-10-14-27(16-15-25)24(30)22-17-19(3)28(20(22)4)21-11-8-7-9-12-21/h7-9,11-12,17H,5-6,10,13-16,18H2,1-4H3. The van der Waals surface area contributed by atoms with Crippen LogP contribution in [-0.2, 0) is 4.79 Å². The van der Waals surface area contributed by atoms with Crippen LogP contribution in [0.4, 0.5) is 0 Å². The highest BCUT2D eigenvalue weighted by Gasteiger charge is 2.25. The highest BCUT2D eigenvalue weighted by molar-refractivity contribution is 5.96. The van der Waals surface area contributed by atoms with Gasteiger partial charge in [0.25, 0.3) is 5.91 Å². The molecule has 3 rings (SSSR count). The first-order valence-corrected chi connectivity index (χ1v) is 11.0. The normalized spacial score (nSPS) is 15.1. The third kappa shape index (κ3) is 4.75. The molecular weight excluding hydrogens is 376 g/mol. The molecule has 2 heterocycles. The van der Waals surface area contributed by atoms with E-state index in [-0.39, 0.29) is 11.8 Å². The molecule has 2 aromatic rings. The lowest BCUT2D eigenvalue weighted by Crippen LogP contribution is -2.42. The van der Waals surface area contributed by atoms with Gasteiger partial charge in [0.1, 0.15) is 0 Å². The van der Waals surface area contributed by atoms with E-state index in [2.05, 4.69) is 21.6 Å². The Morgan fingerprint density at radius 2 is 1.67 bits per heavy atom. The number of benzene rings is 1. The monoisotopic (exact) mass is 410 g/mol. The van der Waals surface area contributed by atoms with Crippen molar-refractivity contribution in [3.63, 3.8) is 0 Å². The zero-order valence-corrected chi connectivity index (χ0v) is 18.7. The minimum Gasteiger partial charge on any atom is -0.342 e. The molecule has 0 spiro atoms. The van der Waals surface area contributed by atoms with Gasteiger partial charge >= 0.3 is 0 Å². The predicted octanol–water partition coefficient (Wildman–Crippen LogP) is 3.11. The summed E-state index contributed by atoms with van der Waals surface area (Å²) in [6, 6.07) is 12.1. The fourth-order valence-electron chi connectivity index (χ4n) is 4.32. The molecule has 0 radical (unpaired) electrons. The molecule has 0 saturated carbocycles. The molecule has 6 heteroatoms. The van der Waals surface area contributed by atoms with Gasteiger partial charge in [-0.15, -0.1) is 0 Å². The number of hydrogen-bond acceptors (Lipinski definition) is 3. The molecule has 6 nitrogen and oxygen atoms in total. The highest BCUT2D eigenvalue weighted by atomic mass is 16.2. The summed E-state index contributed by atoms with van der Waals surface area (Å²) in [5.74, 6) is 0.258. The van der Waals surface area contributed by atoms with Crippen LogP contribution in [0.15, 0.2) is 36.4 Å². The molecule has 0 bridgehead atoms. The Labute approximate surface area is 180 Å². The van der Waals surface area contributed by atoms with Crippen molar-refractivity contribution in [2.45, 2.75) is 34.1 Å². The molecule has 30 heavy (non-hydrogen) atoms. The quantitative estimate of drug-likeness (QED) is 0.735. The van der Waals surface area contributed by atoms with Crippen molar-refractivity contribution in [1.29, 1.82) is 0 Å². The van der Waals surface area contributed by atoms with Gasteiger partial charge in [-0.3, -0.25) is 14.5 Å². The van der Waals surface area contributed by atoms with Gasteiger partial charge in [-0.05, 0) is 52.3 Å². The molecule has 1 saturated heterocycles. The van der Waals surface area contributed by atoms with Crippen LogP contribution in [0.3, 0.4) is 0 Å². The average Bonchev–Trinajstić information content (AvgIpc) is 2.90. The lowest BCUT2D eigenvalue weighted by Gasteiger charge is -2.25. The molecule has 1 aromatic heterocycles. The topological polar surface area (TPSA) is 48.8 Å². The second kappa shape index (κ2) is 9.94. The first-order chi connectivity index (χ1) is 14.5. The lowest BCUT2D eigenvalue weighted by atomic mass is 10.2. The maximum Gasteiger partial charge on any atom is 0.255 e. The number of hydrogen-bond donors (Lipinski definition) is 0. The number of rotatable bonds is 6. The fourth-order valence-corrected chi connectivity index (χ4v) is 4.32. The minimum absolute atomic E-state index is 0.0854. The Bertz CT molecular complexity index is 871. The van der Waals surface area contributed by atoms with Crippen LogP contribution in [0.1, 0.15) is 42.0 Å². The van der Waals surface area contributed by atoms with Crippen LogP contribution in [0.25, 0.3) is 5.69 Å². The van der Waals surface area contributed by atoms with Gasteiger partial charge in [0.05, 0.1) is 12.1 Å². The van der Waals surface area contributed by atoms with Gasteiger partial charge in [0.2, 0.25) is 5.91 Å². The molecular formula is C24H34N4O2. The highest BCUT2D eigenvalue weighted by Crippen LogP contribution is 2.22. The van der Waals surface area contributed by atoms with Crippen LogP contribution < -0.4 is 0 Å². The third-order valence-corrected chi connectivity index (χ3v) is 6.03. The second-order valence-corrected chi connectivity index (χ2v) is 7.94. The van der Waals surface area contributed by atoms with E-state index in [1.54, 1.807) is 0 Å². The van der Waals surface area contributed by atoms with Crippen LogP contribution in [-0.4, -0.2) is 76.9 Å². The van der Waals surface area contributed by atoms with E-state index in [1.165, 1.54) is 0 Å². The van der Waals surface area contributed by atoms with Crippen molar-refractivity contribution >= 4 is 11.8 Å². The first kappa shape index (κ1) is 22.1. The maximum atomic E-state index is 13.3. The number of nitrogens with zero attached hydrogens (tertiary/aromatic N) is 4. The van der Waals surface area contributed by atoms with Crippen molar-refractivity contribution in [2.75, 3.05) is 45.8 Å². The number of likely N-dealkylation sites (N-methyl/N-ethyl adjacent to an activating group) is 1. The minimum atomic E-state index is 0.0854. The van der Waals surface area contributed by atoms with E-state index in [9.17, 15) is 9.59 Å². The average molecular weight is 411 g/mol. The second-order valence-electron chi connectivity index (χ2n) is 7.94. The molecule has 2 amide bonds. The number of amides is 2. The van der Waals surface area contributed by atoms with E-state index < -0.39 is 0 Å². The summed E-state index contributed by atoms with van der Waals surface area (Å²) in [5.41, 5.74) is 3.87. The zero-order valence-electron chi connectivity index (χ0n) is 18.7. The van der Waals surface area contributed by atoms with E-state index in [4.69, 9.17) is 0 Å². The summed E-state index contributed by atoms with van der Waals surface area (Å²) < 4.78 is 2.14. The largest absolute Gasteiger partial charge is 0.342 e. The molecule has 0 aliphatic carbocycles. The first-order valence-electron chi connectivity index (χ1n) is 11.0. The Morgan fingerprint density at radius 3 is 2.33 bits per heavy atom. The molecule has 0 unspecified atom stereocenters. The third-order valence-electron chi connectivity index (χ3n) is 6.03. The molecule has 1 aromatic carbocycles. The Kier molecular flexibility index (Phi) is 7.32. The van der Waals surface area contributed by atoms with Gasteiger partial charge in [-0.25, -0.2) is 0 Å². The Balaban J connectivity index is 1.69. The van der Waals surface area contributed by atoms with E-state index >= 15 is 0 Å². The molecule has 0 N–H and O–H groups in total. The number of aryl methyl sites for hydroxylation is 1.